The van der Waals surface area contributed by atoms with Crippen molar-refractivity contribution in [3.05, 3.63) is 59.7 Å². The quantitative estimate of drug-likeness (QED) is 0.802. The zero-order valence-electron chi connectivity index (χ0n) is 14.0. The van der Waals surface area contributed by atoms with Gasteiger partial charge in [0.15, 0.2) is 12.6 Å². The molecular formula is C19H24O4. The molecule has 0 bridgehead atoms. The normalized spacial score (nSPS) is 14.2. The molecule has 4 nitrogen and oxygen atoms in total. The molecular weight excluding hydrogens is 292 g/mol. The smallest absolute Gasteiger partial charge is 0.194 e. The second-order valence-corrected chi connectivity index (χ2v) is 6.11. The van der Waals surface area contributed by atoms with Crippen LogP contribution < -0.4 is 9.47 Å². The predicted molar refractivity (Wildman–Crippen MR) is 89.6 cm³/mol. The largest absolute Gasteiger partial charge is 0.465 e. The lowest BCUT2D eigenvalue weighted by molar-refractivity contribution is -0.000857. The summed E-state index contributed by atoms with van der Waals surface area (Å²) < 4.78 is 10.7. The van der Waals surface area contributed by atoms with Crippen LogP contribution in [0.1, 0.15) is 38.8 Å². The van der Waals surface area contributed by atoms with E-state index in [-0.39, 0.29) is 5.41 Å². The average Bonchev–Trinajstić information content (AvgIpc) is 2.46. The van der Waals surface area contributed by atoms with Gasteiger partial charge in [0.05, 0.1) is 0 Å². The lowest BCUT2D eigenvalue weighted by Crippen LogP contribution is -2.20. The van der Waals surface area contributed by atoms with Crippen molar-refractivity contribution in [2.24, 2.45) is 0 Å². The molecule has 0 aliphatic heterocycles. The molecule has 2 N–H and O–H groups in total. The number of rotatable bonds is 6. The van der Waals surface area contributed by atoms with E-state index < -0.39 is 12.6 Å². The number of hydrogen-bond donors (Lipinski definition) is 2. The van der Waals surface area contributed by atoms with Gasteiger partial charge in [-0.05, 0) is 49.2 Å². The minimum atomic E-state index is -0.851. The lowest BCUT2D eigenvalue weighted by atomic mass is 9.78. The molecule has 2 unspecified atom stereocenters. The molecule has 0 radical (unpaired) electrons. The first-order valence-corrected chi connectivity index (χ1v) is 7.69. The van der Waals surface area contributed by atoms with Crippen LogP contribution in [0, 0.1) is 0 Å². The summed E-state index contributed by atoms with van der Waals surface area (Å²) in [6.45, 7) is 7.37. The van der Waals surface area contributed by atoms with Crippen molar-refractivity contribution >= 4 is 0 Å². The van der Waals surface area contributed by atoms with Crippen molar-refractivity contribution in [3.63, 3.8) is 0 Å². The SMILES string of the molecule is CC(O)Oc1cccc(C(C)(C)c2cccc(OC(C)O)c2)c1. The Morgan fingerprint density at radius 1 is 0.783 bits per heavy atom. The van der Waals surface area contributed by atoms with E-state index in [9.17, 15) is 10.2 Å². The van der Waals surface area contributed by atoms with Gasteiger partial charge in [0.2, 0.25) is 0 Å². The summed E-state index contributed by atoms with van der Waals surface area (Å²) in [6.07, 6.45) is -1.70. The molecule has 0 heterocycles. The van der Waals surface area contributed by atoms with Gasteiger partial charge in [0.1, 0.15) is 11.5 Å². The summed E-state index contributed by atoms with van der Waals surface area (Å²) in [5.41, 5.74) is 1.84. The van der Waals surface area contributed by atoms with Crippen molar-refractivity contribution in [3.8, 4) is 11.5 Å². The summed E-state index contributed by atoms with van der Waals surface area (Å²) in [7, 11) is 0. The molecule has 0 spiro atoms. The third-order valence-corrected chi connectivity index (χ3v) is 3.72. The van der Waals surface area contributed by atoms with Crippen LogP contribution in [0.5, 0.6) is 11.5 Å². The minimum absolute atomic E-state index is 0.282. The molecule has 0 aromatic heterocycles. The van der Waals surface area contributed by atoms with E-state index in [4.69, 9.17) is 9.47 Å². The first-order valence-electron chi connectivity index (χ1n) is 7.69. The van der Waals surface area contributed by atoms with Crippen molar-refractivity contribution in [2.45, 2.75) is 45.7 Å². The molecule has 0 amide bonds. The van der Waals surface area contributed by atoms with Crippen LogP contribution in [-0.4, -0.2) is 22.8 Å². The van der Waals surface area contributed by atoms with Gasteiger partial charge in [-0.15, -0.1) is 0 Å². The standard InChI is InChI=1S/C19H24O4/c1-13(20)22-17-9-5-7-15(11-17)19(3,4)16-8-6-10-18(12-16)23-14(2)21/h5-14,20-21H,1-4H3. The number of aliphatic hydroxyl groups excluding tert-OH is 2. The van der Waals surface area contributed by atoms with Crippen LogP contribution in [0.3, 0.4) is 0 Å². The number of ether oxygens (including phenoxy) is 2. The molecule has 124 valence electrons. The fourth-order valence-corrected chi connectivity index (χ4v) is 2.48. The highest BCUT2D eigenvalue weighted by Crippen LogP contribution is 2.35. The third kappa shape index (κ3) is 4.47. The predicted octanol–water partition coefficient (Wildman–Crippen LogP) is 3.45. The Hall–Kier alpha value is -2.04. The molecule has 0 aliphatic carbocycles. The number of aliphatic hydroxyl groups is 2. The molecule has 0 fully saturated rings. The van der Waals surface area contributed by atoms with Crippen LogP contribution in [0.25, 0.3) is 0 Å². The maximum absolute atomic E-state index is 9.37. The first-order chi connectivity index (χ1) is 10.8. The van der Waals surface area contributed by atoms with Gasteiger partial charge in [-0.25, -0.2) is 0 Å². The van der Waals surface area contributed by atoms with Gasteiger partial charge in [-0.3, -0.25) is 0 Å². The molecule has 0 saturated carbocycles. The fourth-order valence-electron chi connectivity index (χ4n) is 2.48. The van der Waals surface area contributed by atoms with Gasteiger partial charge >= 0.3 is 0 Å². The van der Waals surface area contributed by atoms with Crippen molar-refractivity contribution in [1.82, 2.24) is 0 Å². The van der Waals surface area contributed by atoms with Gasteiger partial charge in [-0.1, -0.05) is 38.1 Å². The Kier molecular flexibility index (Phi) is 5.29. The summed E-state index contributed by atoms with van der Waals surface area (Å²) in [5.74, 6) is 1.25. The Morgan fingerprint density at radius 3 is 1.52 bits per heavy atom. The Bertz CT molecular complexity index is 592. The topological polar surface area (TPSA) is 58.9 Å². The van der Waals surface area contributed by atoms with E-state index in [1.54, 1.807) is 13.8 Å². The molecule has 2 aromatic rings. The monoisotopic (exact) mass is 316 g/mol. The Morgan fingerprint density at radius 2 is 1.17 bits per heavy atom. The highest BCUT2D eigenvalue weighted by atomic mass is 16.6. The van der Waals surface area contributed by atoms with E-state index in [1.807, 2.05) is 48.5 Å². The van der Waals surface area contributed by atoms with Gasteiger partial charge in [-0.2, -0.15) is 0 Å². The second kappa shape index (κ2) is 7.02. The van der Waals surface area contributed by atoms with Crippen LogP contribution in [0.2, 0.25) is 0 Å². The molecule has 0 saturated heterocycles. The zero-order valence-corrected chi connectivity index (χ0v) is 14.0. The molecule has 2 aromatic carbocycles. The van der Waals surface area contributed by atoms with E-state index in [0.29, 0.717) is 11.5 Å². The fraction of sp³-hybridized carbons (Fsp3) is 0.368. The van der Waals surface area contributed by atoms with Crippen molar-refractivity contribution < 1.29 is 19.7 Å². The van der Waals surface area contributed by atoms with Gasteiger partial charge in [0.25, 0.3) is 0 Å². The maximum Gasteiger partial charge on any atom is 0.194 e. The highest BCUT2D eigenvalue weighted by Gasteiger charge is 2.24. The van der Waals surface area contributed by atoms with E-state index in [1.165, 1.54) is 0 Å². The van der Waals surface area contributed by atoms with Crippen LogP contribution >= 0.6 is 0 Å². The van der Waals surface area contributed by atoms with Gasteiger partial charge in [0, 0.05) is 5.41 Å². The Balaban J connectivity index is 2.34. The lowest BCUT2D eigenvalue weighted by Gasteiger charge is -2.27. The highest BCUT2D eigenvalue weighted by molar-refractivity contribution is 5.43. The molecule has 23 heavy (non-hydrogen) atoms. The van der Waals surface area contributed by atoms with E-state index in [0.717, 1.165) is 11.1 Å². The number of hydrogen-bond acceptors (Lipinski definition) is 4. The van der Waals surface area contributed by atoms with Gasteiger partial charge < -0.3 is 19.7 Å². The number of benzene rings is 2. The minimum Gasteiger partial charge on any atom is -0.465 e. The summed E-state index contributed by atoms with van der Waals surface area (Å²) >= 11 is 0. The zero-order chi connectivity index (χ0) is 17.0. The molecule has 2 atom stereocenters. The van der Waals surface area contributed by atoms with Crippen molar-refractivity contribution in [1.29, 1.82) is 0 Å². The second-order valence-electron chi connectivity index (χ2n) is 6.11. The van der Waals surface area contributed by atoms with Crippen molar-refractivity contribution in [2.75, 3.05) is 0 Å². The first kappa shape index (κ1) is 17.3. The van der Waals surface area contributed by atoms with E-state index in [2.05, 4.69) is 13.8 Å². The van der Waals surface area contributed by atoms with Crippen LogP contribution in [0.15, 0.2) is 48.5 Å². The summed E-state index contributed by atoms with van der Waals surface area (Å²) in [5, 5.41) is 18.7. The maximum atomic E-state index is 9.37. The Labute approximate surface area is 137 Å². The average molecular weight is 316 g/mol. The molecule has 4 heteroatoms. The molecule has 0 aliphatic rings. The summed E-state index contributed by atoms with van der Waals surface area (Å²) in [6, 6.07) is 15.4. The van der Waals surface area contributed by atoms with Crippen LogP contribution in [0.4, 0.5) is 0 Å². The third-order valence-electron chi connectivity index (χ3n) is 3.72. The summed E-state index contributed by atoms with van der Waals surface area (Å²) in [4.78, 5) is 0. The molecule has 2 rings (SSSR count). The van der Waals surface area contributed by atoms with Crippen LogP contribution in [-0.2, 0) is 5.41 Å². The van der Waals surface area contributed by atoms with E-state index >= 15 is 0 Å².